The number of rotatable bonds is 12. The lowest BCUT2D eigenvalue weighted by Crippen LogP contribution is -2.52. The second-order valence-corrected chi connectivity index (χ2v) is 10.2. The molecule has 3 aromatic rings. The number of nitrogens with one attached hydrogen (secondary N) is 1. The number of aryl methyl sites for hydroxylation is 2. The summed E-state index contributed by atoms with van der Waals surface area (Å²) in [6.45, 7) is 6.26. The molecular weight excluding hydrogens is 503 g/mol. The second-order valence-electron chi connectivity index (χ2n) is 9.42. The Morgan fingerprint density at radius 3 is 2.05 bits per heavy atom. The maximum atomic E-state index is 13.8. The van der Waals surface area contributed by atoms with Gasteiger partial charge in [0.05, 0.1) is 0 Å². The van der Waals surface area contributed by atoms with Crippen LogP contribution in [0.1, 0.15) is 55.9 Å². The molecule has 4 nitrogen and oxygen atoms in total. The molecule has 37 heavy (non-hydrogen) atoms. The van der Waals surface area contributed by atoms with E-state index in [-0.39, 0.29) is 30.8 Å². The Labute approximate surface area is 231 Å². The zero-order valence-corrected chi connectivity index (χ0v) is 23.4. The zero-order valence-electron chi connectivity index (χ0n) is 21.8. The molecule has 0 aliphatic carbocycles. The van der Waals surface area contributed by atoms with Crippen molar-refractivity contribution in [2.45, 2.75) is 71.5 Å². The van der Waals surface area contributed by atoms with Gasteiger partial charge in [-0.15, -0.1) is 0 Å². The average molecular weight is 540 g/mol. The first kappa shape index (κ1) is 28.7. The van der Waals surface area contributed by atoms with Gasteiger partial charge in [-0.1, -0.05) is 97.7 Å². The van der Waals surface area contributed by atoms with Gasteiger partial charge in [-0.2, -0.15) is 0 Å². The third-order valence-electron chi connectivity index (χ3n) is 6.72. The highest BCUT2D eigenvalue weighted by atomic mass is 35.5. The molecule has 0 aromatic heterocycles. The molecule has 0 saturated heterocycles. The van der Waals surface area contributed by atoms with Crippen molar-refractivity contribution in [1.82, 2.24) is 10.2 Å². The maximum Gasteiger partial charge on any atom is 0.243 e. The number of carbonyl (C=O) groups is 2. The smallest absolute Gasteiger partial charge is 0.243 e. The van der Waals surface area contributed by atoms with Crippen molar-refractivity contribution in [2.75, 3.05) is 0 Å². The van der Waals surface area contributed by atoms with Gasteiger partial charge in [-0.25, -0.2) is 0 Å². The van der Waals surface area contributed by atoms with Crippen molar-refractivity contribution >= 4 is 35.0 Å². The standard InChI is InChI=1S/C31H36Cl2N2O2/c1-4-22(3)34-31(37)29(20-25-10-7-6-8-11-25)35(21-26-27(32)12-9-13-28(26)33)30(36)19-18-24-16-14-23(5-2)15-17-24/h6-17,22,29H,4-5,18-21H2,1-3H3,(H,34,37)/t22-,29-/m1/s1. The summed E-state index contributed by atoms with van der Waals surface area (Å²) in [7, 11) is 0. The number of amides is 2. The Morgan fingerprint density at radius 2 is 1.46 bits per heavy atom. The molecular formula is C31H36Cl2N2O2. The Balaban J connectivity index is 1.94. The molecule has 0 aliphatic heterocycles. The minimum Gasteiger partial charge on any atom is -0.352 e. The van der Waals surface area contributed by atoms with Crippen LogP contribution in [0, 0.1) is 0 Å². The topological polar surface area (TPSA) is 49.4 Å². The monoisotopic (exact) mass is 538 g/mol. The lowest BCUT2D eigenvalue weighted by Gasteiger charge is -2.33. The molecule has 6 heteroatoms. The third-order valence-corrected chi connectivity index (χ3v) is 7.43. The van der Waals surface area contributed by atoms with Crippen LogP contribution in [0.2, 0.25) is 10.0 Å². The van der Waals surface area contributed by atoms with E-state index in [4.69, 9.17) is 23.2 Å². The fraction of sp³-hybridized carbons (Fsp3) is 0.355. The average Bonchev–Trinajstić information content (AvgIpc) is 2.91. The fourth-order valence-corrected chi connectivity index (χ4v) is 4.70. The van der Waals surface area contributed by atoms with Crippen LogP contribution in [0.3, 0.4) is 0 Å². The number of benzene rings is 3. The molecule has 0 fully saturated rings. The zero-order chi connectivity index (χ0) is 26.8. The van der Waals surface area contributed by atoms with Gasteiger partial charge < -0.3 is 10.2 Å². The minimum atomic E-state index is -0.710. The van der Waals surface area contributed by atoms with Crippen molar-refractivity contribution in [3.63, 3.8) is 0 Å². The van der Waals surface area contributed by atoms with Gasteiger partial charge in [0, 0.05) is 41.0 Å². The first-order chi connectivity index (χ1) is 17.8. The highest BCUT2D eigenvalue weighted by molar-refractivity contribution is 6.36. The number of hydrogen-bond donors (Lipinski definition) is 1. The van der Waals surface area contributed by atoms with Crippen LogP contribution in [0.25, 0.3) is 0 Å². The lowest BCUT2D eigenvalue weighted by atomic mass is 10.0. The lowest BCUT2D eigenvalue weighted by molar-refractivity contribution is -0.141. The van der Waals surface area contributed by atoms with Gasteiger partial charge in [-0.3, -0.25) is 9.59 Å². The number of halogens is 2. The first-order valence-electron chi connectivity index (χ1n) is 13.0. The van der Waals surface area contributed by atoms with Crippen LogP contribution >= 0.6 is 23.2 Å². The van der Waals surface area contributed by atoms with Crippen LogP contribution in [-0.2, 0) is 35.4 Å². The molecule has 3 rings (SSSR count). The molecule has 0 heterocycles. The first-order valence-corrected chi connectivity index (χ1v) is 13.7. The van der Waals surface area contributed by atoms with E-state index >= 15 is 0 Å². The normalized spacial score (nSPS) is 12.6. The largest absolute Gasteiger partial charge is 0.352 e. The summed E-state index contributed by atoms with van der Waals surface area (Å²) in [6.07, 6.45) is 3.01. The molecule has 1 N–H and O–H groups in total. The van der Waals surface area contributed by atoms with Gasteiger partial charge in [0.2, 0.25) is 11.8 Å². The van der Waals surface area contributed by atoms with Gasteiger partial charge in [0.15, 0.2) is 0 Å². The van der Waals surface area contributed by atoms with E-state index in [2.05, 4.69) is 36.5 Å². The van der Waals surface area contributed by atoms with Crippen LogP contribution in [0.4, 0.5) is 0 Å². The Kier molecular flexibility index (Phi) is 11.0. The number of nitrogens with zero attached hydrogens (tertiary/aromatic N) is 1. The van der Waals surface area contributed by atoms with Crippen molar-refractivity contribution in [2.24, 2.45) is 0 Å². The summed E-state index contributed by atoms with van der Waals surface area (Å²) in [5.74, 6) is -0.294. The molecule has 2 atom stereocenters. The molecule has 3 aromatic carbocycles. The Morgan fingerprint density at radius 1 is 0.838 bits per heavy atom. The SMILES string of the molecule is CCc1ccc(CCC(=O)N(Cc2c(Cl)cccc2Cl)[C@H](Cc2ccccc2)C(=O)N[C@H](C)CC)cc1. The predicted octanol–water partition coefficient (Wildman–Crippen LogP) is 7.04. The summed E-state index contributed by atoms with van der Waals surface area (Å²) >= 11 is 13.0. The van der Waals surface area contributed by atoms with Crippen LogP contribution in [0.15, 0.2) is 72.8 Å². The van der Waals surface area contributed by atoms with Crippen molar-refractivity contribution in [3.05, 3.63) is 105 Å². The van der Waals surface area contributed by atoms with Crippen molar-refractivity contribution < 1.29 is 9.59 Å². The van der Waals surface area contributed by atoms with E-state index in [1.807, 2.05) is 44.2 Å². The molecule has 0 unspecified atom stereocenters. The molecule has 0 aliphatic rings. The molecule has 0 bridgehead atoms. The summed E-state index contributed by atoms with van der Waals surface area (Å²) in [5, 5.41) is 4.03. The summed E-state index contributed by atoms with van der Waals surface area (Å²) in [6, 6.07) is 22.7. The van der Waals surface area contributed by atoms with E-state index in [1.165, 1.54) is 5.56 Å². The van der Waals surface area contributed by atoms with Crippen molar-refractivity contribution in [3.8, 4) is 0 Å². The summed E-state index contributed by atoms with van der Waals surface area (Å²) < 4.78 is 0. The van der Waals surface area contributed by atoms with Gasteiger partial charge in [-0.05, 0) is 55.0 Å². The van der Waals surface area contributed by atoms with E-state index in [1.54, 1.807) is 23.1 Å². The van der Waals surface area contributed by atoms with E-state index in [9.17, 15) is 9.59 Å². The van der Waals surface area contributed by atoms with E-state index in [0.29, 0.717) is 28.5 Å². The molecule has 0 spiro atoms. The van der Waals surface area contributed by atoms with Crippen LogP contribution < -0.4 is 5.32 Å². The number of carbonyl (C=O) groups excluding carboxylic acids is 2. The van der Waals surface area contributed by atoms with Crippen molar-refractivity contribution in [1.29, 1.82) is 0 Å². The van der Waals surface area contributed by atoms with Gasteiger partial charge in [0.1, 0.15) is 6.04 Å². The molecule has 0 saturated carbocycles. The third kappa shape index (κ3) is 8.34. The Bertz CT molecular complexity index is 1150. The van der Waals surface area contributed by atoms with Gasteiger partial charge in [0.25, 0.3) is 0 Å². The molecule has 0 radical (unpaired) electrons. The minimum absolute atomic E-state index is 0.0105. The highest BCUT2D eigenvalue weighted by Crippen LogP contribution is 2.27. The fourth-order valence-electron chi connectivity index (χ4n) is 4.19. The van der Waals surface area contributed by atoms with Crippen LogP contribution in [-0.4, -0.2) is 28.8 Å². The second kappa shape index (κ2) is 14.2. The van der Waals surface area contributed by atoms with Gasteiger partial charge >= 0.3 is 0 Å². The van der Waals surface area contributed by atoms with Crippen LogP contribution in [0.5, 0.6) is 0 Å². The molecule has 2 amide bonds. The quantitative estimate of drug-likeness (QED) is 0.268. The molecule has 196 valence electrons. The summed E-state index contributed by atoms with van der Waals surface area (Å²) in [5.41, 5.74) is 3.96. The predicted molar refractivity (Wildman–Crippen MR) is 153 cm³/mol. The highest BCUT2D eigenvalue weighted by Gasteiger charge is 2.31. The number of hydrogen-bond acceptors (Lipinski definition) is 2. The Hall–Kier alpha value is -2.82. The van der Waals surface area contributed by atoms with E-state index < -0.39 is 6.04 Å². The van der Waals surface area contributed by atoms with E-state index in [0.717, 1.165) is 24.0 Å². The maximum absolute atomic E-state index is 13.8. The summed E-state index contributed by atoms with van der Waals surface area (Å²) in [4.78, 5) is 29.1.